The summed E-state index contributed by atoms with van der Waals surface area (Å²) < 4.78 is 49.9. The first kappa shape index (κ1) is 16.6. The lowest BCUT2D eigenvalue weighted by Crippen LogP contribution is -2.07. The molecule has 7 heteroatoms. The van der Waals surface area contributed by atoms with Gasteiger partial charge in [0, 0.05) is 5.39 Å². The second-order valence-corrected chi connectivity index (χ2v) is 5.93. The maximum atomic E-state index is 12.8. The number of ether oxygens (including phenoxy) is 1. The normalized spacial score (nSPS) is 11.7. The van der Waals surface area contributed by atoms with Gasteiger partial charge in [-0.25, -0.2) is 0 Å². The molecule has 3 nitrogen and oxygen atoms in total. The molecule has 3 aromatic rings. The fraction of sp³-hybridized carbons (Fsp3) is 0.118. The van der Waals surface area contributed by atoms with E-state index >= 15 is 0 Å². The summed E-state index contributed by atoms with van der Waals surface area (Å²) in [5.41, 5.74) is 0.595. The van der Waals surface area contributed by atoms with Crippen LogP contribution >= 0.6 is 15.9 Å². The maximum Gasteiger partial charge on any atom is 0.416 e. The lowest BCUT2D eigenvalue weighted by Gasteiger charge is -2.12. The van der Waals surface area contributed by atoms with E-state index < -0.39 is 11.7 Å². The van der Waals surface area contributed by atoms with Gasteiger partial charge in [-0.15, -0.1) is 0 Å². The van der Waals surface area contributed by atoms with Crippen LogP contribution in [0.25, 0.3) is 11.0 Å². The predicted octanol–water partition coefficient (Wildman–Crippen LogP) is 5.61. The summed E-state index contributed by atoms with van der Waals surface area (Å²) in [5.74, 6) is -0.108. The molecule has 0 saturated heterocycles. The largest absolute Gasteiger partial charge is 0.488 e. The average molecular weight is 399 g/mol. The van der Waals surface area contributed by atoms with Crippen LogP contribution in [0.2, 0.25) is 0 Å². The molecule has 0 aliphatic rings. The summed E-state index contributed by atoms with van der Waals surface area (Å²) in [6, 6.07) is 8.10. The highest BCUT2D eigenvalue weighted by atomic mass is 79.9. The van der Waals surface area contributed by atoms with E-state index in [9.17, 15) is 18.0 Å². The molecule has 0 spiro atoms. The van der Waals surface area contributed by atoms with E-state index in [-0.39, 0.29) is 17.9 Å². The molecule has 24 heavy (non-hydrogen) atoms. The first-order chi connectivity index (χ1) is 11.4. The Bertz CT molecular complexity index is 900. The van der Waals surface area contributed by atoms with Gasteiger partial charge < -0.3 is 9.15 Å². The lowest BCUT2D eigenvalue weighted by atomic mass is 10.1. The van der Waals surface area contributed by atoms with Crippen LogP contribution in [0.1, 0.15) is 21.5 Å². The van der Waals surface area contributed by atoms with Crippen molar-refractivity contribution in [3.63, 3.8) is 0 Å². The zero-order chi connectivity index (χ0) is 17.3. The molecule has 0 saturated carbocycles. The number of furan rings is 1. The Hall–Kier alpha value is -2.28. The SMILES string of the molecule is O=Cc1ccc(C(F)(F)F)cc1OCc1cc(Br)c2occc2c1. The van der Waals surface area contributed by atoms with Crippen LogP contribution in [-0.4, -0.2) is 6.29 Å². The van der Waals surface area contributed by atoms with E-state index in [1.165, 1.54) is 6.26 Å². The van der Waals surface area contributed by atoms with E-state index in [0.717, 1.165) is 29.1 Å². The van der Waals surface area contributed by atoms with Gasteiger partial charge in [0.25, 0.3) is 0 Å². The summed E-state index contributed by atoms with van der Waals surface area (Å²) in [4.78, 5) is 11.0. The van der Waals surface area contributed by atoms with Crippen LogP contribution < -0.4 is 4.74 Å². The zero-order valence-corrected chi connectivity index (χ0v) is 13.6. The van der Waals surface area contributed by atoms with Crippen molar-refractivity contribution >= 4 is 33.2 Å². The molecule has 3 rings (SSSR count). The van der Waals surface area contributed by atoms with Gasteiger partial charge in [0.15, 0.2) is 6.29 Å². The topological polar surface area (TPSA) is 39.4 Å². The third-order valence-corrected chi connectivity index (χ3v) is 4.02. The van der Waals surface area contributed by atoms with Gasteiger partial charge in [0.1, 0.15) is 17.9 Å². The Kier molecular flexibility index (Phi) is 4.36. The third-order valence-electron chi connectivity index (χ3n) is 3.43. The Balaban J connectivity index is 1.88. The highest BCUT2D eigenvalue weighted by molar-refractivity contribution is 9.10. The number of hydrogen-bond donors (Lipinski definition) is 0. The molecule has 0 bridgehead atoms. The molecule has 2 aromatic carbocycles. The van der Waals surface area contributed by atoms with Crippen molar-refractivity contribution in [3.8, 4) is 5.75 Å². The van der Waals surface area contributed by atoms with Gasteiger partial charge in [-0.3, -0.25) is 4.79 Å². The van der Waals surface area contributed by atoms with E-state index in [4.69, 9.17) is 9.15 Å². The minimum atomic E-state index is -4.50. The van der Waals surface area contributed by atoms with Crippen molar-refractivity contribution < 1.29 is 27.1 Å². The summed E-state index contributed by atoms with van der Waals surface area (Å²) >= 11 is 3.36. The summed E-state index contributed by atoms with van der Waals surface area (Å²) in [7, 11) is 0. The summed E-state index contributed by atoms with van der Waals surface area (Å²) in [5, 5.41) is 0.836. The first-order valence-electron chi connectivity index (χ1n) is 6.83. The maximum absolute atomic E-state index is 12.8. The Morgan fingerprint density at radius 1 is 1.17 bits per heavy atom. The average Bonchev–Trinajstić information content (AvgIpc) is 3.01. The van der Waals surface area contributed by atoms with Crippen LogP contribution in [0, 0.1) is 0 Å². The number of rotatable bonds is 4. The van der Waals surface area contributed by atoms with Crippen LogP contribution in [0.5, 0.6) is 5.75 Å². The fourth-order valence-electron chi connectivity index (χ4n) is 2.27. The van der Waals surface area contributed by atoms with Crippen LogP contribution in [-0.2, 0) is 12.8 Å². The second-order valence-electron chi connectivity index (χ2n) is 5.07. The summed E-state index contributed by atoms with van der Waals surface area (Å²) in [6.45, 7) is 0.0157. The van der Waals surface area contributed by atoms with Crippen molar-refractivity contribution in [2.75, 3.05) is 0 Å². The summed E-state index contributed by atoms with van der Waals surface area (Å²) in [6.07, 6.45) is -2.50. The van der Waals surface area contributed by atoms with Crippen LogP contribution in [0.15, 0.2) is 51.6 Å². The van der Waals surface area contributed by atoms with Gasteiger partial charge in [-0.1, -0.05) is 0 Å². The highest BCUT2D eigenvalue weighted by Crippen LogP contribution is 2.33. The molecule has 0 radical (unpaired) electrons. The monoisotopic (exact) mass is 398 g/mol. The van der Waals surface area contributed by atoms with E-state index in [1.807, 2.05) is 0 Å². The van der Waals surface area contributed by atoms with E-state index in [1.54, 1.807) is 18.2 Å². The standard InChI is InChI=1S/C17H10BrF3O3/c18-14-6-10(5-11-3-4-23-16(11)14)9-24-15-7-13(17(19,20)21)2-1-12(15)8-22/h1-8H,9H2. The molecule has 0 amide bonds. The number of halogens is 4. The van der Waals surface area contributed by atoms with E-state index in [2.05, 4.69) is 15.9 Å². The minimum absolute atomic E-state index is 0.0157. The molecule has 0 N–H and O–H groups in total. The molecule has 0 aliphatic carbocycles. The van der Waals surface area contributed by atoms with Crippen molar-refractivity contribution in [2.24, 2.45) is 0 Å². The van der Waals surface area contributed by atoms with Crippen molar-refractivity contribution in [1.82, 2.24) is 0 Å². The number of aldehydes is 1. The van der Waals surface area contributed by atoms with Gasteiger partial charge >= 0.3 is 6.18 Å². The molecule has 1 aromatic heterocycles. The Morgan fingerprint density at radius 3 is 2.67 bits per heavy atom. The molecule has 1 heterocycles. The van der Waals surface area contributed by atoms with Crippen LogP contribution in [0.3, 0.4) is 0 Å². The third kappa shape index (κ3) is 3.31. The quantitative estimate of drug-likeness (QED) is 0.536. The van der Waals surface area contributed by atoms with Crippen molar-refractivity contribution in [2.45, 2.75) is 12.8 Å². The fourth-order valence-corrected chi connectivity index (χ4v) is 2.89. The molecule has 124 valence electrons. The molecule has 0 atom stereocenters. The molecule has 0 unspecified atom stereocenters. The molecular weight excluding hydrogens is 389 g/mol. The number of alkyl halides is 3. The highest BCUT2D eigenvalue weighted by Gasteiger charge is 2.31. The number of benzene rings is 2. The number of carbonyl (C=O) groups is 1. The number of fused-ring (bicyclic) bond motifs is 1. The van der Waals surface area contributed by atoms with Gasteiger partial charge in [0.2, 0.25) is 0 Å². The zero-order valence-electron chi connectivity index (χ0n) is 12.1. The smallest absolute Gasteiger partial charge is 0.416 e. The number of hydrogen-bond acceptors (Lipinski definition) is 3. The van der Waals surface area contributed by atoms with Gasteiger partial charge in [0.05, 0.1) is 21.9 Å². The Labute approximate surface area is 143 Å². The lowest BCUT2D eigenvalue weighted by molar-refractivity contribution is -0.137. The van der Waals surface area contributed by atoms with Crippen molar-refractivity contribution in [3.05, 3.63) is 63.8 Å². The second kappa shape index (κ2) is 6.32. The number of carbonyl (C=O) groups excluding carboxylic acids is 1. The van der Waals surface area contributed by atoms with Crippen LogP contribution in [0.4, 0.5) is 13.2 Å². The first-order valence-corrected chi connectivity index (χ1v) is 7.62. The molecule has 0 aliphatic heterocycles. The van der Waals surface area contributed by atoms with Crippen molar-refractivity contribution in [1.29, 1.82) is 0 Å². The van der Waals surface area contributed by atoms with E-state index in [0.29, 0.717) is 16.3 Å². The van der Waals surface area contributed by atoms with Gasteiger partial charge in [-0.2, -0.15) is 13.2 Å². The predicted molar refractivity (Wildman–Crippen MR) is 85.1 cm³/mol. The minimum Gasteiger partial charge on any atom is -0.488 e. The van der Waals surface area contributed by atoms with Gasteiger partial charge in [-0.05, 0) is 57.9 Å². The molecule has 0 fully saturated rings. The molecular formula is C17H10BrF3O3. The Morgan fingerprint density at radius 2 is 1.96 bits per heavy atom.